The summed E-state index contributed by atoms with van der Waals surface area (Å²) in [5.41, 5.74) is 0.256. The Morgan fingerprint density at radius 1 is 1.44 bits per heavy atom. The number of nitrogens with one attached hydrogen (secondary N) is 1. The number of nitrogens with zero attached hydrogens (tertiary/aromatic N) is 1. The summed E-state index contributed by atoms with van der Waals surface area (Å²) in [6.45, 7) is 14.1. The van der Waals surface area contributed by atoms with Gasteiger partial charge in [-0.25, -0.2) is 0 Å². The smallest absolute Gasteiger partial charge is 0.230 e. The summed E-state index contributed by atoms with van der Waals surface area (Å²) in [5, 5.41) is 3.59. The monoisotopic (exact) mass is 272 g/mol. The molecule has 1 aliphatic rings. The molecular weight excluding hydrogens is 244 g/mol. The molecule has 0 aliphatic carbocycles. The number of hydrogen-bond donors (Lipinski definition) is 1. The van der Waals surface area contributed by atoms with Crippen LogP contribution in [0.25, 0.3) is 0 Å². The van der Waals surface area contributed by atoms with Gasteiger partial charge in [-0.15, -0.1) is 11.8 Å². The maximum Gasteiger partial charge on any atom is 0.230 e. The molecule has 1 N–H and O–H groups in total. The fourth-order valence-corrected chi connectivity index (χ4v) is 2.75. The zero-order valence-electron chi connectivity index (χ0n) is 12.5. The predicted molar refractivity (Wildman–Crippen MR) is 80.0 cm³/mol. The van der Waals surface area contributed by atoms with Crippen molar-refractivity contribution in [3.8, 4) is 0 Å². The first-order chi connectivity index (χ1) is 8.29. The molecule has 0 bridgehead atoms. The third-order valence-electron chi connectivity index (χ3n) is 3.37. The van der Waals surface area contributed by atoms with E-state index in [1.807, 2.05) is 0 Å². The van der Waals surface area contributed by atoms with Crippen molar-refractivity contribution < 1.29 is 4.79 Å². The highest BCUT2D eigenvalue weighted by molar-refractivity contribution is 8.00. The van der Waals surface area contributed by atoms with E-state index >= 15 is 0 Å². The zero-order valence-corrected chi connectivity index (χ0v) is 13.3. The number of thioether (sulfide) groups is 1. The zero-order chi connectivity index (χ0) is 13.8. The molecule has 3 nitrogen and oxygen atoms in total. The van der Waals surface area contributed by atoms with Gasteiger partial charge in [-0.05, 0) is 44.9 Å². The van der Waals surface area contributed by atoms with Crippen molar-refractivity contribution in [2.45, 2.75) is 51.8 Å². The van der Waals surface area contributed by atoms with Crippen molar-refractivity contribution in [1.29, 1.82) is 0 Å². The fourth-order valence-electron chi connectivity index (χ4n) is 2.16. The van der Waals surface area contributed by atoms with Gasteiger partial charge in [0.25, 0.3) is 0 Å². The number of amides is 1. The average Bonchev–Trinajstić information content (AvgIpc) is 2.71. The third kappa shape index (κ3) is 5.61. The molecule has 1 heterocycles. The van der Waals surface area contributed by atoms with E-state index in [0.29, 0.717) is 16.9 Å². The van der Waals surface area contributed by atoms with E-state index in [2.05, 4.69) is 44.8 Å². The Morgan fingerprint density at radius 2 is 2.11 bits per heavy atom. The van der Waals surface area contributed by atoms with Crippen LogP contribution in [0.5, 0.6) is 0 Å². The summed E-state index contributed by atoms with van der Waals surface area (Å²) in [4.78, 5) is 14.1. The maximum absolute atomic E-state index is 11.6. The van der Waals surface area contributed by atoms with E-state index in [4.69, 9.17) is 0 Å². The molecule has 1 amide bonds. The van der Waals surface area contributed by atoms with Gasteiger partial charge in [0.1, 0.15) is 0 Å². The van der Waals surface area contributed by atoms with Gasteiger partial charge >= 0.3 is 0 Å². The molecule has 4 heteroatoms. The maximum atomic E-state index is 11.6. The number of rotatable bonds is 5. The van der Waals surface area contributed by atoms with Crippen LogP contribution < -0.4 is 5.32 Å². The molecule has 1 atom stereocenters. The van der Waals surface area contributed by atoms with Gasteiger partial charge in [0.2, 0.25) is 5.91 Å². The van der Waals surface area contributed by atoms with Gasteiger partial charge < -0.3 is 5.32 Å². The highest BCUT2D eigenvalue weighted by atomic mass is 32.2. The van der Waals surface area contributed by atoms with Crippen LogP contribution in [-0.2, 0) is 4.79 Å². The second-order valence-electron chi connectivity index (χ2n) is 6.44. The highest BCUT2D eigenvalue weighted by Crippen LogP contribution is 2.23. The summed E-state index contributed by atoms with van der Waals surface area (Å²) in [5.74, 6) is 1.40. The molecule has 0 radical (unpaired) electrons. The van der Waals surface area contributed by atoms with Crippen LogP contribution in [0, 0.1) is 5.92 Å². The third-order valence-corrected chi connectivity index (χ3v) is 4.47. The lowest BCUT2D eigenvalue weighted by Crippen LogP contribution is -2.40. The molecule has 0 spiro atoms. The summed E-state index contributed by atoms with van der Waals surface area (Å²) in [7, 11) is 0. The van der Waals surface area contributed by atoms with Crippen molar-refractivity contribution in [2.75, 3.05) is 25.4 Å². The minimum atomic E-state index is 0.183. The van der Waals surface area contributed by atoms with E-state index < -0.39 is 0 Å². The number of carbonyl (C=O) groups excluding carboxylic acids is 1. The number of hydrogen-bond acceptors (Lipinski definition) is 3. The van der Waals surface area contributed by atoms with Gasteiger partial charge in [-0.3, -0.25) is 9.69 Å². The van der Waals surface area contributed by atoms with E-state index in [-0.39, 0.29) is 11.4 Å². The molecule has 1 aliphatic heterocycles. The predicted octanol–water partition coefficient (Wildman–Crippen LogP) is 2.36. The quantitative estimate of drug-likeness (QED) is 0.834. The van der Waals surface area contributed by atoms with Gasteiger partial charge in [-0.1, -0.05) is 13.8 Å². The SMILES string of the molecule is CC(C)SCC(=O)NC[C@@H]1CCN(C(C)(C)C)C1. The van der Waals surface area contributed by atoms with Crippen molar-refractivity contribution in [3.63, 3.8) is 0 Å². The minimum absolute atomic E-state index is 0.183. The molecule has 106 valence electrons. The standard InChI is InChI=1S/C14H28N2OS/c1-11(2)18-10-13(17)15-8-12-6-7-16(9-12)14(3,4)5/h11-12H,6-10H2,1-5H3,(H,15,17)/t12-/m0/s1. The molecular formula is C14H28N2OS. The van der Waals surface area contributed by atoms with Crippen LogP contribution in [-0.4, -0.2) is 47.0 Å². The lowest BCUT2D eigenvalue weighted by atomic mass is 10.1. The number of likely N-dealkylation sites (tertiary alicyclic amines) is 1. The molecule has 0 aromatic rings. The lowest BCUT2D eigenvalue weighted by Gasteiger charge is -2.31. The first-order valence-corrected chi connectivity index (χ1v) is 7.97. The molecule has 0 aromatic carbocycles. The van der Waals surface area contributed by atoms with E-state index in [1.165, 1.54) is 6.42 Å². The largest absolute Gasteiger partial charge is 0.355 e. The van der Waals surface area contributed by atoms with Crippen molar-refractivity contribution in [3.05, 3.63) is 0 Å². The second kappa shape index (κ2) is 6.80. The van der Waals surface area contributed by atoms with Crippen LogP contribution in [0.4, 0.5) is 0 Å². The average molecular weight is 272 g/mol. The van der Waals surface area contributed by atoms with Crippen molar-refractivity contribution >= 4 is 17.7 Å². The van der Waals surface area contributed by atoms with Gasteiger partial charge in [0, 0.05) is 18.6 Å². The first kappa shape index (κ1) is 15.8. The van der Waals surface area contributed by atoms with Crippen LogP contribution in [0.3, 0.4) is 0 Å². The molecule has 0 unspecified atom stereocenters. The van der Waals surface area contributed by atoms with Crippen molar-refractivity contribution in [1.82, 2.24) is 10.2 Å². The Balaban J connectivity index is 2.20. The summed E-state index contributed by atoms with van der Waals surface area (Å²) < 4.78 is 0. The van der Waals surface area contributed by atoms with Crippen molar-refractivity contribution in [2.24, 2.45) is 5.92 Å². The Kier molecular flexibility index (Phi) is 5.99. The second-order valence-corrected chi connectivity index (χ2v) is 8.00. The van der Waals surface area contributed by atoms with Crippen LogP contribution >= 0.6 is 11.8 Å². The van der Waals surface area contributed by atoms with Crippen LogP contribution in [0.2, 0.25) is 0 Å². The Bertz CT molecular complexity index is 273. The molecule has 1 saturated heterocycles. The Hall–Kier alpha value is -0.220. The lowest BCUT2D eigenvalue weighted by molar-refractivity contribution is -0.118. The molecule has 1 rings (SSSR count). The van der Waals surface area contributed by atoms with Crippen LogP contribution in [0.15, 0.2) is 0 Å². The van der Waals surface area contributed by atoms with E-state index in [0.717, 1.165) is 19.6 Å². The molecule has 18 heavy (non-hydrogen) atoms. The summed E-state index contributed by atoms with van der Waals surface area (Å²) in [6, 6.07) is 0. The van der Waals surface area contributed by atoms with E-state index in [9.17, 15) is 4.79 Å². The molecule has 0 aromatic heterocycles. The topological polar surface area (TPSA) is 32.3 Å². The Labute approximate surface area is 116 Å². The molecule has 0 saturated carbocycles. The first-order valence-electron chi connectivity index (χ1n) is 6.92. The van der Waals surface area contributed by atoms with Gasteiger partial charge in [-0.2, -0.15) is 0 Å². The summed E-state index contributed by atoms with van der Waals surface area (Å²) >= 11 is 1.70. The summed E-state index contributed by atoms with van der Waals surface area (Å²) in [6.07, 6.45) is 1.20. The minimum Gasteiger partial charge on any atom is -0.355 e. The van der Waals surface area contributed by atoms with Gasteiger partial charge in [0.15, 0.2) is 0 Å². The fraction of sp³-hybridized carbons (Fsp3) is 0.929. The number of carbonyl (C=O) groups is 1. The van der Waals surface area contributed by atoms with Gasteiger partial charge in [0.05, 0.1) is 5.75 Å². The van der Waals surface area contributed by atoms with Crippen LogP contribution in [0.1, 0.15) is 41.0 Å². The normalized spacial score (nSPS) is 21.6. The highest BCUT2D eigenvalue weighted by Gasteiger charge is 2.30. The Morgan fingerprint density at radius 3 is 2.61 bits per heavy atom. The van der Waals surface area contributed by atoms with E-state index in [1.54, 1.807) is 11.8 Å². The molecule has 1 fully saturated rings.